The normalized spacial score (nSPS) is 11.5. The van der Waals surface area contributed by atoms with Gasteiger partial charge in [0.25, 0.3) is 6.43 Å². The molecule has 0 unspecified atom stereocenters. The van der Waals surface area contributed by atoms with E-state index in [9.17, 15) is 13.6 Å². The van der Waals surface area contributed by atoms with E-state index in [1.165, 1.54) is 10.7 Å². The highest BCUT2D eigenvalue weighted by molar-refractivity contribution is 5.93. The summed E-state index contributed by atoms with van der Waals surface area (Å²) in [5.41, 5.74) is 4.05. The molecule has 4 aromatic rings. The zero-order chi connectivity index (χ0) is 22.3. The lowest BCUT2D eigenvalue weighted by molar-refractivity contribution is -0.116. The summed E-state index contributed by atoms with van der Waals surface area (Å²) < 4.78 is 30.7. The summed E-state index contributed by atoms with van der Waals surface area (Å²) in [6, 6.07) is 7.10. The smallest absolute Gasteiger partial charge is 0.264 e. The van der Waals surface area contributed by atoms with Gasteiger partial charge >= 0.3 is 0 Å². The molecular weight excluding hydrogens is 402 g/mol. The molecule has 3 aromatic heterocycles. The second kappa shape index (κ2) is 7.90. The van der Waals surface area contributed by atoms with Gasteiger partial charge in [-0.3, -0.25) is 9.48 Å². The van der Waals surface area contributed by atoms with Crippen molar-refractivity contribution in [2.75, 3.05) is 5.32 Å². The Hall–Kier alpha value is -3.62. The van der Waals surface area contributed by atoms with E-state index in [2.05, 4.69) is 20.5 Å². The number of benzene rings is 1. The first-order valence-electron chi connectivity index (χ1n) is 9.76. The highest BCUT2D eigenvalue weighted by atomic mass is 19.3. The largest absolute Gasteiger partial charge is 0.324 e. The molecule has 9 heteroatoms. The minimum absolute atomic E-state index is 0.149. The first-order chi connectivity index (χ1) is 14.7. The van der Waals surface area contributed by atoms with Crippen molar-refractivity contribution >= 4 is 22.6 Å². The maximum atomic E-state index is 13.9. The molecule has 0 atom stereocenters. The van der Waals surface area contributed by atoms with Crippen LogP contribution in [0, 0.1) is 20.8 Å². The Balaban J connectivity index is 1.76. The minimum Gasteiger partial charge on any atom is -0.324 e. The van der Waals surface area contributed by atoms with Gasteiger partial charge in [0.15, 0.2) is 5.65 Å². The molecule has 3 heterocycles. The second-order valence-electron chi connectivity index (χ2n) is 7.56. The van der Waals surface area contributed by atoms with Crippen LogP contribution in [0.5, 0.6) is 0 Å². The molecule has 0 aliphatic rings. The number of anilines is 1. The molecule has 0 radical (unpaired) electrons. The molecule has 0 bridgehead atoms. The number of hydrogen-bond donors (Lipinski definition) is 1. The number of nitrogens with one attached hydrogen (secondary N) is 1. The van der Waals surface area contributed by atoms with Crippen LogP contribution in [0.2, 0.25) is 0 Å². The van der Waals surface area contributed by atoms with Gasteiger partial charge in [-0.2, -0.15) is 10.2 Å². The Bertz CT molecular complexity index is 1270. The second-order valence-corrected chi connectivity index (χ2v) is 7.56. The number of carbonyl (C=O) groups is 1. The van der Waals surface area contributed by atoms with E-state index in [0.717, 1.165) is 16.8 Å². The third-order valence-corrected chi connectivity index (χ3v) is 5.18. The number of para-hydroxylation sites is 1. The zero-order valence-corrected chi connectivity index (χ0v) is 17.6. The van der Waals surface area contributed by atoms with Gasteiger partial charge in [0.05, 0.1) is 23.0 Å². The molecule has 7 nitrogen and oxygen atoms in total. The molecule has 160 valence electrons. The van der Waals surface area contributed by atoms with Crippen molar-refractivity contribution in [3.8, 4) is 11.3 Å². The van der Waals surface area contributed by atoms with E-state index in [1.54, 1.807) is 31.0 Å². The minimum atomic E-state index is -2.71. The number of aryl methyl sites for hydroxylation is 4. The van der Waals surface area contributed by atoms with E-state index < -0.39 is 6.43 Å². The highest BCUT2D eigenvalue weighted by Gasteiger charge is 2.22. The Morgan fingerprint density at radius 3 is 2.52 bits per heavy atom. The summed E-state index contributed by atoms with van der Waals surface area (Å²) in [5.74, 6) is -0.311. The van der Waals surface area contributed by atoms with Crippen LogP contribution in [0.1, 0.15) is 28.8 Å². The Morgan fingerprint density at radius 2 is 1.90 bits per heavy atom. The Labute approximate surface area is 177 Å². The molecule has 0 spiro atoms. The molecule has 0 aliphatic carbocycles. The molecular formula is C22H22F2N6O. The average Bonchev–Trinajstić information content (AvgIpc) is 3.28. The van der Waals surface area contributed by atoms with E-state index in [4.69, 9.17) is 0 Å². The Morgan fingerprint density at radius 1 is 1.19 bits per heavy atom. The van der Waals surface area contributed by atoms with Crippen molar-refractivity contribution in [3.05, 3.63) is 59.0 Å². The van der Waals surface area contributed by atoms with E-state index in [-0.39, 0.29) is 29.0 Å². The number of aromatic nitrogens is 5. The lowest BCUT2D eigenvalue weighted by Crippen LogP contribution is -2.21. The predicted octanol–water partition coefficient (Wildman–Crippen LogP) is 4.33. The average molecular weight is 424 g/mol. The number of alkyl halides is 2. The van der Waals surface area contributed by atoms with Crippen molar-refractivity contribution in [2.45, 2.75) is 33.7 Å². The van der Waals surface area contributed by atoms with Crippen LogP contribution in [0.25, 0.3) is 22.3 Å². The fourth-order valence-corrected chi connectivity index (χ4v) is 3.70. The molecule has 1 aromatic carbocycles. The lowest BCUT2D eigenvalue weighted by Gasteiger charge is -2.12. The van der Waals surface area contributed by atoms with Crippen LogP contribution in [-0.4, -0.2) is 30.5 Å². The quantitative estimate of drug-likeness (QED) is 0.517. The third kappa shape index (κ3) is 3.90. The van der Waals surface area contributed by atoms with Gasteiger partial charge in [0.1, 0.15) is 6.54 Å². The van der Waals surface area contributed by atoms with Crippen molar-refractivity contribution in [2.24, 2.45) is 7.05 Å². The topological polar surface area (TPSA) is 77.6 Å². The van der Waals surface area contributed by atoms with Gasteiger partial charge in [0, 0.05) is 30.1 Å². The molecule has 1 N–H and O–H groups in total. The van der Waals surface area contributed by atoms with Gasteiger partial charge in [-0.1, -0.05) is 18.2 Å². The summed E-state index contributed by atoms with van der Waals surface area (Å²) in [6.07, 6.45) is 0.552. The van der Waals surface area contributed by atoms with E-state index >= 15 is 0 Å². The molecule has 0 fully saturated rings. The van der Waals surface area contributed by atoms with E-state index in [1.807, 2.05) is 32.0 Å². The summed E-state index contributed by atoms with van der Waals surface area (Å²) in [4.78, 5) is 17.3. The number of pyridine rings is 1. The van der Waals surface area contributed by atoms with Crippen LogP contribution in [0.4, 0.5) is 14.5 Å². The van der Waals surface area contributed by atoms with Crippen molar-refractivity contribution < 1.29 is 13.6 Å². The predicted molar refractivity (Wildman–Crippen MR) is 114 cm³/mol. The molecule has 0 aliphatic heterocycles. The fourth-order valence-electron chi connectivity index (χ4n) is 3.70. The fraction of sp³-hybridized carbons (Fsp3) is 0.273. The standard InChI is InChI=1S/C22H22F2N6O/c1-12-6-5-7-13(2)20(12)27-18(31)11-30-22-19(14(3)28-30)16(21(23)24)8-17(26-22)15-9-25-29(4)10-15/h5-10,21H,11H2,1-4H3,(H,27,31). The molecule has 31 heavy (non-hydrogen) atoms. The van der Waals surface area contributed by atoms with Gasteiger partial charge in [-0.25, -0.2) is 18.4 Å². The van der Waals surface area contributed by atoms with Crippen molar-refractivity contribution in [1.29, 1.82) is 0 Å². The van der Waals surface area contributed by atoms with Crippen molar-refractivity contribution in [3.63, 3.8) is 0 Å². The first-order valence-corrected chi connectivity index (χ1v) is 9.76. The van der Waals surface area contributed by atoms with Crippen LogP contribution in [-0.2, 0) is 18.4 Å². The third-order valence-electron chi connectivity index (χ3n) is 5.18. The summed E-state index contributed by atoms with van der Waals surface area (Å²) >= 11 is 0. The Kier molecular flexibility index (Phi) is 5.26. The van der Waals surface area contributed by atoms with Crippen LogP contribution in [0.15, 0.2) is 36.7 Å². The van der Waals surface area contributed by atoms with Crippen LogP contribution < -0.4 is 5.32 Å². The molecule has 1 amide bonds. The van der Waals surface area contributed by atoms with Gasteiger partial charge in [-0.05, 0) is 38.0 Å². The van der Waals surface area contributed by atoms with Gasteiger partial charge in [-0.15, -0.1) is 0 Å². The van der Waals surface area contributed by atoms with Gasteiger partial charge < -0.3 is 5.32 Å². The lowest BCUT2D eigenvalue weighted by atomic mass is 10.1. The number of halogens is 2. The first kappa shape index (κ1) is 20.6. The molecule has 0 saturated carbocycles. The maximum absolute atomic E-state index is 13.9. The van der Waals surface area contributed by atoms with E-state index in [0.29, 0.717) is 17.0 Å². The van der Waals surface area contributed by atoms with Crippen LogP contribution in [0.3, 0.4) is 0 Å². The monoisotopic (exact) mass is 424 g/mol. The molecule has 0 saturated heterocycles. The maximum Gasteiger partial charge on any atom is 0.264 e. The highest BCUT2D eigenvalue weighted by Crippen LogP contribution is 2.33. The zero-order valence-electron chi connectivity index (χ0n) is 17.6. The summed E-state index contributed by atoms with van der Waals surface area (Å²) in [6.45, 7) is 5.31. The number of carbonyl (C=O) groups excluding carboxylic acids is 1. The van der Waals surface area contributed by atoms with Crippen LogP contribution >= 0.6 is 0 Å². The number of nitrogens with zero attached hydrogens (tertiary/aromatic N) is 5. The number of amides is 1. The van der Waals surface area contributed by atoms with Gasteiger partial charge in [0.2, 0.25) is 5.91 Å². The summed E-state index contributed by atoms with van der Waals surface area (Å²) in [5, 5.41) is 11.6. The number of fused-ring (bicyclic) bond motifs is 1. The number of rotatable bonds is 5. The summed E-state index contributed by atoms with van der Waals surface area (Å²) in [7, 11) is 1.74. The molecule has 4 rings (SSSR count). The SMILES string of the molecule is Cc1cccc(C)c1NC(=O)Cn1nc(C)c2c(C(F)F)cc(-c3cnn(C)c3)nc21. The van der Waals surface area contributed by atoms with Crippen molar-refractivity contribution in [1.82, 2.24) is 24.5 Å². The number of hydrogen-bond acceptors (Lipinski definition) is 4.